The first-order valence-corrected chi connectivity index (χ1v) is 14.4. The van der Waals surface area contributed by atoms with Gasteiger partial charge in [0, 0.05) is 16.0 Å². The van der Waals surface area contributed by atoms with Crippen molar-refractivity contribution >= 4 is 37.4 Å². The first-order valence-electron chi connectivity index (χ1n) is 11.7. The molecular formula is C24H35NO6S2. The smallest absolute Gasteiger partial charge is 0.233 e. The Morgan fingerprint density at radius 1 is 1.09 bits per heavy atom. The molecule has 33 heavy (non-hydrogen) atoms. The summed E-state index contributed by atoms with van der Waals surface area (Å²) in [6.45, 7) is 0. The maximum Gasteiger partial charge on any atom is 0.233 e. The zero-order valence-corrected chi connectivity index (χ0v) is 20.7. The minimum Gasteiger partial charge on any atom is -0.393 e. The molecule has 1 amide bonds. The van der Waals surface area contributed by atoms with Crippen molar-refractivity contribution in [3.05, 3.63) is 35.2 Å². The zero-order valence-electron chi connectivity index (χ0n) is 19.0. The van der Waals surface area contributed by atoms with Crippen LogP contribution in [-0.4, -0.2) is 48.1 Å². The number of carbonyl (C=O) groups excluding carboxylic acids is 1. The van der Waals surface area contributed by atoms with E-state index >= 15 is 0 Å². The Hall–Kier alpha value is -1.52. The number of nitrogens with one attached hydrogen (secondary N) is 1. The first kappa shape index (κ1) is 26.1. The van der Waals surface area contributed by atoms with Crippen molar-refractivity contribution in [2.45, 2.75) is 76.1 Å². The molecule has 5 atom stereocenters. The second-order valence-corrected chi connectivity index (χ2v) is 12.1. The molecule has 9 heteroatoms. The summed E-state index contributed by atoms with van der Waals surface area (Å²) in [4.78, 5) is 12.5. The number of carbonyl (C=O) groups is 1. The molecule has 1 heterocycles. The number of amides is 1. The number of aliphatic hydroxyl groups is 3. The maximum absolute atomic E-state index is 11.5. The molecule has 2 unspecified atom stereocenters. The van der Waals surface area contributed by atoms with E-state index in [4.69, 9.17) is 0 Å². The number of benzene rings is 1. The van der Waals surface area contributed by atoms with Crippen molar-refractivity contribution in [2.24, 2.45) is 11.8 Å². The summed E-state index contributed by atoms with van der Waals surface area (Å²) in [5.41, 5.74) is 0. The number of aliphatic hydroxyl groups excluding tert-OH is 3. The van der Waals surface area contributed by atoms with Crippen molar-refractivity contribution in [1.29, 1.82) is 0 Å². The molecule has 1 aromatic heterocycles. The van der Waals surface area contributed by atoms with Crippen LogP contribution in [0.25, 0.3) is 10.1 Å². The predicted molar refractivity (Wildman–Crippen MR) is 130 cm³/mol. The fourth-order valence-electron chi connectivity index (χ4n) is 4.92. The molecule has 0 radical (unpaired) electrons. The van der Waals surface area contributed by atoms with Crippen LogP contribution in [0.5, 0.6) is 0 Å². The van der Waals surface area contributed by atoms with E-state index < -0.39 is 34.2 Å². The number of fused-ring (bicyclic) bond motifs is 1. The standard InChI is InChI=1S/C24H35NO6S2/c1-33(30,31)25-24(29)11-5-3-2-4-9-17-18(21(28)15-20(17)27)12-13-19(26)23-14-16-8-6-7-10-22(16)32-23/h6-8,10,14,17-21,26-28H,2-5,9,11-13,15H2,1H3,(H,25,29)/t17?,18-,19?,20+,21-/m1/s1. The summed E-state index contributed by atoms with van der Waals surface area (Å²) in [7, 11) is -3.50. The van der Waals surface area contributed by atoms with Crippen LogP contribution >= 0.6 is 11.3 Å². The van der Waals surface area contributed by atoms with Crippen LogP contribution in [0.4, 0.5) is 0 Å². The van der Waals surface area contributed by atoms with Gasteiger partial charge in [0.1, 0.15) is 0 Å². The fourth-order valence-corrected chi connectivity index (χ4v) is 6.52. The van der Waals surface area contributed by atoms with Gasteiger partial charge in [-0.25, -0.2) is 8.42 Å². The molecule has 7 nitrogen and oxygen atoms in total. The summed E-state index contributed by atoms with van der Waals surface area (Å²) in [6, 6.07) is 10.1. The van der Waals surface area contributed by atoms with Gasteiger partial charge in [0.15, 0.2) is 0 Å². The average molecular weight is 498 g/mol. The van der Waals surface area contributed by atoms with Gasteiger partial charge in [-0.15, -0.1) is 11.3 Å². The second-order valence-electron chi connectivity index (χ2n) is 9.23. The van der Waals surface area contributed by atoms with Crippen LogP contribution < -0.4 is 4.72 Å². The second kappa shape index (κ2) is 11.8. The minimum absolute atomic E-state index is 0.00291. The van der Waals surface area contributed by atoms with E-state index in [-0.39, 0.29) is 18.3 Å². The van der Waals surface area contributed by atoms with E-state index in [0.717, 1.165) is 46.9 Å². The number of unbranched alkanes of at least 4 members (excludes halogenated alkanes) is 3. The average Bonchev–Trinajstić information content (AvgIpc) is 3.28. The lowest BCUT2D eigenvalue weighted by molar-refractivity contribution is -0.119. The van der Waals surface area contributed by atoms with Gasteiger partial charge < -0.3 is 15.3 Å². The Labute approximate surface area is 199 Å². The number of hydrogen-bond donors (Lipinski definition) is 4. The molecule has 0 spiro atoms. The van der Waals surface area contributed by atoms with Gasteiger partial charge in [-0.1, -0.05) is 37.5 Å². The molecule has 0 saturated heterocycles. The molecule has 3 rings (SSSR count). The Morgan fingerprint density at radius 3 is 2.45 bits per heavy atom. The molecule has 4 N–H and O–H groups in total. The number of thiophene rings is 1. The lowest BCUT2D eigenvalue weighted by atomic mass is 9.84. The highest BCUT2D eigenvalue weighted by Gasteiger charge is 2.40. The number of rotatable bonds is 12. The molecule has 1 fully saturated rings. The summed E-state index contributed by atoms with van der Waals surface area (Å²) in [6.07, 6.45) is 5.01. The molecule has 2 aromatic rings. The van der Waals surface area contributed by atoms with Crippen molar-refractivity contribution in [1.82, 2.24) is 4.72 Å². The molecule has 1 aromatic carbocycles. The van der Waals surface area contributed by atoms with Crippen molar-refractivity contribution in [3.8, 4) is 0 Å². The third-order valence-electron chi connectivity index (χ3n) is 6.56. The highest BCUT2D eigenvalue weighted by molar-refractivity contribution is 7.89. The van der Waals surface area contributed by atoms with E-state index in [1.165, 1.54) is 0 Å². The Bertz CT molecular complexity index is 988. The fraction of sp³-hybridized carbons (Fsp3) is 0.625. The highest BCUT2D eigenvalue weighted by atomic mass is 32.2. The summed E-state index contributed by atoms with van der Waals surface area (Å²) < 4.78 is 25.2. The van der Waals surface area contributed by atoms with Gasteiger partial charge in [-0.2, -0.15) is 0 Å². The van der Waals surface area contributed by atoms with E-state index in [0.29, 0.717) is 25.7 Å². The third-order valence-corrected chi connectivity index (χ3v) is 8.37. The van der Waals surface area contributed by atoms with Crippen molar-refractivity contribution in [3.63, 3.8) is 0 Å². The minimum atomic E-state index is -3.50. The normalized spacial score (nSPS) is 24.2. The predicted octanol–water partition coefficient (Wildman–Crippen LogP) is 3.49. The third kappa shape index (κ3) is 7.75. The van der Waals surface area contributed by atoms with E-state index in [9.17, 15) is 28.5 Å². The molecule has 1 aliphatic carbocycles. The first-order chi connectivity index (χ1) is 15.6. The van der Waals surface area contributed by atoms with Gasteiger partial charge in [-0.05, 0) is 61.5 Å². The van der Waals surface area contributed by atoms with Crippen LogP contribution in [0, 0.1) is 11.8 Å². The molecule has 0 bridgehead atoms. The summed E-state index contributed by atoms with van der Waals surface area (Å²) >= 11 is 1.59. The van der Waals surface area contributed by atoms with Gasteiger partial charge >= 0.3 is 0 Å². The van der Waals surface area contributed by atoms with Gasteiger partial charge in [0.05, 0.1) is 24.6 Å². The Balaban J connectivity index is 1.42. The van der Waals surface area contributed by atoms with Crippen LogP contribution in [0.15, 0.2) is 30.3 Å². The van der Waals surface area contributed by atoms with Crippen LogP contribution in [-0.2, 0) is 14.8 Å². The van der Waals surface area contributed by atoms with Crippen LogP contribution in [0.3, 0.4) is 0 Å². The molecular weight excluding hydrogens is 462 g/mol. The van der Waals surface area contributed by atoms with Crippen molar-refractivity contribution in [2.75, 3.05) is 6.26 Å². The lowest BCUT2D eigenvalue weighted by Gasteiger charge is -2.24. The monoisotopic (exact) mass is 497 g/mol. The van der Waals surface area contributed by atoms with Gasteiger partial charge in [0.2, 0.25) is 15.9 Å². The molecule has 1 aliphatic rings. The number of hydrogen-bond acceptors (Lipinski definition) is 7. The highest BCUT2D eigenvalue weighted by Crippen LogP contribution is 2.41. The van der Waals surface area contributed by atoms with Crippen molar-refractivity contribution < 1.29 is 28.5 Å². The van der Waals surface area contributed by atoms with E-state index in [2.05, 4.69) is 0 Å². The summed E-state index contributed by atoms with van der Waals surface area (Å²) in [5.74, 6) is -0.517. The Kier molecular flexibility index (Phi) is 9.29. The molecule has 0 aliphatic heterocycles. The van der Waals surface area contributed by atoms with Gasteiger partial charge in [-0.3, -0.25) is 9.52 Å². The number of sulfonamides is 1. The zero-order chi connectivity index (χ0) is 24.0. The quantitative estimate of drug-likeness (QED) is 0.333. The molecule has 184 valence electrons. The largest absolute Gasteiger partial charge is 0.393 e. The van der Waals surface area contributed by atoms with Gasteiger partial charge in [0.25, 0.3) is 0 Å². The Morgan fingerprint density at radius 2 is 1.76 bits per heavy atom. The van der Waals surface area contributed by atoms with E-state index in [1.54, 1.807) is 11.3 Å². The van der Waals surface area contributed by atoms with Crippen LogP contribution in [0.2, 0.25) is 0 Å². The lowest BCUT2D eigenvalue weighted by Crippen LogP contribution is -2.28. The SMILES string of the molecule is CS(=O)(=O)NC(=O)CCCCCCC1[C@@H](CCC(O)c2cc3ccccc3s2)[C@H](O)C[C@@H]1O. The molecule has 1 saturated carbocycles. The maximum atomic E-state index is 11.5. The van der Waals surface area contributed by atoms with Crippen LogP contribution in [0.1, 0.15) is 68.8 Å². The topological polar surface area (TPSA) is 124 Å². The van der Waals surface area contributed by atoms with E-state index in [1.807, 2.05) is 35.1 Å². The summed E-state index contributed by atoms with van der Waals surface area (Å²) in [5, 5.41) is 32.8.